The maximum Gasteiger partial charge on any atom is 0.227 e. The lowest BCUT2D eigenvalue weighted by Crippen LogP contribution is -2.44. The molecule has 1 aromatic carbocycles. The summed E-state index contributed by atoms with van der Waals surface area (Å²) in [5, 5.41) is 14.1. The number of aryl methyl sites for hydroxylation is 1. The number of nitrogens with zero attached hydrogens (tertiary/aromatic N) is 4. The Morgan fingerprint density at radius 3 is 2.59 bits per heavy atom. The van der Waals surface area contributed by atoms with Crippen molar-refractivity contribution in [3.63, 3.8) is 0 Å². The Kier molecular flexibility index (Phi) is 5.29. The first-order valence-electron chi connectivity index (χ1n) is 9.49. The third-order valence-corrected chi connectivity index (χ3v) is 4.66. The van der Waals surface area contributed by atoms with Crippen molar-refractivity contribution in [3.8, 4) is 0 Å². The molecular formula is C20H25N7. The van der Waals surface area contributed by atoms with Crippen molar-refractivity contribution in [2.24, 2.45) is 0 Å². The molecule has 27 heavy (non-hydrogen) atoms. The zero-order chi connectivity index (χ0) is 18.5. The average molecular weight is 363 g/mol. The van der Waals surface area contributed by atoms with Crippen LogP contribution in [0.1, 0.15) is 23.9 Å². The van der Waals surface area contributed by atoms with Crippen LogP contribution in [0.2, 0.25) is 0 Å². The van der Waals surface area contributed by atoms with E-state index in [9.17, 15) is 0 Å². The van der Waals surface area contributed by atoms with Gasteiger partial charge in [0.05, 0.1) is 5.69 Å². The van der Waals surface area contributed by atoms with Gasteiger partial charge in [0.15, 0.2) is 5.82 Å². The number of piperazine rings is 1. The molecule has 0 bridgehead atoms. The summed E-state index contributed by atoms with van der Waals surface area (Å²) in [7, 11) is 0. The minimum atomic E-state index is 0.776. The maximum absolute atomic E-state index is 4.83. The molecule has 140 valence electrons. The van der Waals surface area contributed by atoms with E-state index >= 15 is 0 Å². The molecule has 2 aromatic heterocycles. The van der Waals surface area contributed by atoms with Gasteiger partial charge >= 0.3 is 0 Å². The van der Waals surface area contributed by atoms with Crippen LogP contribution in [0, 0.1) is 0 Å². The molecule has 0 radical (unpaired) electrons. The van der Waals surface area contributed by atoms with Crippen LogP contribution in [0.15, 0.2) is 42.5 Å². The lowest BCUT2D eigenvalue weighted by molar-refractivity contribution is 0.579. The molecule has 0 atom stereocenters. The molecule has 1 saturated heterocycles. The fraction of sp³-hybridized carbons (Fsp3) is 0.350. The van der Waals surface area contributed by atoms with Gasteiger partial charge in [-0.15, -0.1) is 0 Å². The molecule has 3 heterocycles. The number of aromatic nitrogens is 4. The van der Waals surface area contributed by atoms with Crippen molar-refractivity contribution >= 4 is 17.6 Å². The van der Waals surface area contributed by atoms with Crippen LogP contribution in [0.5, 0.6) is 0 Å². The second-order valence-electron chi connectivity index (χ2n) is 6.70. The predicted octanol–water partition coefficient (Wildman–Crippen LogP) is 2.51. The molecule has 0 unspecified atom stereocenters. The van der Waals surface area contributed by atoms with Gasteiger partial charge in [0.2, 0.25) is 5.95 Å². The number of aromatic amines is 1. The summed E-state index contributed by atoms with van der Waals surface area (Å²) in [6, 6.07) is 14.4. The first-order valence-corrected chi connectivity index (χ1v) is 9.49. The first kappa shape index (κ1) is 17.5. The Morgan fingerprint density at radius 1 is 1.04 bits per heavy atom. The highest BCUT2D eigenvalue weighted by Crippen LogP contribution is 2.20. The van der Waals surface area contributed by atoms with Crippen molar-refractivity contribution in [1.82, 2.24) is 25.5 Å². The Balaban J connectivity index is 1.62. The fourth-order valence-corrected chi connectivity index (χ4v) is 3.19. The van der Waals surface area contributed by atoms with E-state index in [-0.39, 0.29) is 0 Å². The van der Waals surface area contributed by atoms with Gasteiger partial charge in [-0.1, -0.05) is 37.3 Å². The van der Waals surface area contributed by atoms with E-state index in [1.54, 1.807) is 0 Å². The highest BCUT2D eigenvalue weighted by molar-refractivity contribution is 5.55. The molecule has 7 nitrogen and oxygen atoms in total. The molecule has 1 aliphatic heterocycles. The number of hydrogen-bond acceptors (Lipinski definition) is 6. The van der Waals surface area contributed by atoms with E-state index < -0.39 is 0 Å². The number of rotatable bonds is 6. The van der Waals surface area contributed by atoms with Gasteiger partial charge in [-0.3, -0.25) is 5.10 Å². The van der Waals surface area contributed by atoms with Gasteiger partial charge in [-0.05, 0) is 12.0 Å². The summed E-state index contributed by atoms with van der Waals surface area (Å²) >= 11 is 0. The van der Waals surface area contributed by atoms with Gasteiger partial charge in [0.25, 0.3) is 0 Å². The van der Waals surface area contributed by atoms with Crippen LogP contribution < -0.4 is 15.5 Å². The minimum Gasteiger partial charge on any atom is -0.338 e. The lowest BCUT2D eigenvalue weighted by atomic mass is 10.1. The topological polar surface area (TPSA) is 81.8 Å². The second-order valence-corrected chi connectivity index (χ2v) is 6.70. The van der Waals surface area contributed by atoms with Gasteiger partial charge in [0.1, 0.15) is 5.82 Å². The fourth-order valence-electron chi connectivity index (χ4n) is 3.19. The van der Waals surface area contributed by atoms with Gasteiger partial charge in [0, 0.05) is 50.4 Å². The molecule has 7 heteroatoms. The third-order valence-electron chi connectivity index (χ3n) is 4.66. The second kappa shape index (κ2) is 8.18. The van der Waals surface area contributed by atoms with Crippen LogP contribution >= 0.6 is 0 Å². The highest BCUT2D eigenvalue weighted by atomic mass is 15.3. The summed E-state index contributed by atoms with van der Waals surface area (Å²) < 4.78 is 0. The zero-order valence-electron chi connectivity index (χ0n) is 15.6. The number of nitrogens with one attached hydrogen (secondary N) is 3. The average Bonchev–Trinajstić information content (AvgIpc) is 3.17. The Hall–Kier alpha value is -2.93. The lowest BCUT2D eigenvalue weighted by Gasteiger charge is -2.28. The molecule has 0 amide bonds. The molecule has 0 spiro atoms. The Bertz CT molecular complexity index is 869. The smallest absolute Gasteiger partial charge is 0.227 e. The third kappa shape index (κ3) is 4.43. The highest BCUT2D eigenvalue weighted by Gasteiger charge is 2.16. The normalized spacial score (nSPS) is 14.3. The molecule has 0 aliphatic carbocycles. The van der Waals surface area contributed by atoms with E-state index in [0.717, 1.165) is 68.0 Å². The van der Waals surface area contributed by atoms with E-state index in [1.165, 1.54) is 5.56 Å². The number of anilines is 3. The Labute approximate surface area is 159 Å². The first-order chi connectivity index (χ1) is 13.3. The van der Waals surface area contributed by atoms with Crippen molar-refractivity contribution in [1.29, 1.82) is 0 Å². The van der Waals surface area contributed by atoms with Gasteiger partial charge in [-0.25, -0.2) is 4.98 Å². The van der Waals surface area contributed by atoms with Crippen LogP contribution in [-0.2, 0) is 12.8 Å². The zero-order valence-corrected chi connectivity index (χ0v) is 15.6. The summed E-state index contributed by atoms with van der Waals surface area (Å²) in [4.78, 5) is 11.8. The summed E-state index contributed by atoms with van der Waals surface area (Å²) in [6.07, 6.45) is 1.70. The standard InChI is InChI=1S/C20H25N7/c1-2-16-13-19(26-25-16)23-18-14-17(12-15-6-4-3-5-7-15)22-20(24-18)27-10-8-21-9-11-27/h3-7,13-14,21H,2,8-12H2,1H3,(H2,22,23,24,25,26). The van der Waals surface area contributed by atoms with E-state index in [4.69, 9.17) is 9.97 Å². The van der Waals surface area contributed by atoms with Gasteiger partial charge in [-0.2, -0.15) is 10.1 Å². The van der Waals surface area contributed by atoms with Crippen LogP contribution in [-0.4, -0.2) is 46.3 Å². The number of H-pyrrole nitrogens is 1. The monoisotopic (exact) mass is 363 g/mol. The predicted molar refractivity (Wildman–Crippen MR) is 108 cm³/mol. The SMILES string of the molecule is CCc1cc(Nc2cc(Cc3ccccc3)nc(N3CCNCC3)n2)n[nH]1. The van der Waals surface area contributed by atoms with Crippen LogP contribution in [0.3, 0.4) is 0 Å². The molecule has 4 rings (SSSR count). The molecular weight excluding hydrogens is 338 g/mol. The van der Waals surface area contributed by atoms with Crippen molar-refractivity contribution in [2.75, 3.05) is 36.4 Å². The summed E-state index contributed by atoms with van der Waals surface area (Å²) in [6.45, 7) is 5.83. The van der Waals surface area contributed by atoms with Crippen LogP contribution in [0.25, 0.3) is 0 Å². The molecule has 1 fully saturated rings. The molecule has 3 N–H and O–H groups in total. The largest absolute Gasteiger partial charge is 0.338 e. The van der Waals surface area contributed by atoms with E-state index in [0.29, 0.717) is 0 Å². The van der Waals surface area contributed by atoms with Crippen LogP contribution in [0.4, 0.5) is 17.6 Å². The molecule has 1 aliphatic rings. The van der Waals surface area contributed by atoms with E-state index in [2.05, 4.69) is 56.9 Å². The maximum atomic E-state index is 4.83. The van der Waals surface area contributed by atoms with Crippen molar-refractivity contribution in [3.05, 3.63) is 59.4 Å². The minimum absolute atomic E-state index is 0.776. The quantitative estimate of drug-likeness (QED) is 0.624. The molecule has 3 aromatic rings. The number of hydrogen-bond donors (Lipinski definition) is 3. The van der Waals surface area contributed by atoms with Crippen molar-refractivity contribution in [2.45, 2.75) is 19.8 Å². The van der Waals surface area contributed by atoms with E-state index in [1.807, 2.05) is 18.2 Å². The van der Waals surface area contributed by atoms with Crippen molar-refractivity contribution < 1.29 is 0 Å². The van der Waals surface area contributed by atoms with Gasteiger partial charge < -0.3 is 15.5 Å². The summed E-state index contributed by atoms with van der Waals surface area (Å²) in [5.74, 6) is 2.33. The molecule has 0 saturated carbocycles. The summed E-state index contributed by atoms with van der Waals surface area (Å²) in [5.41, 5.74) is 3.33. The Morgan fingerprint density at radius 2 is 1.85 bits per heavy atom. The number of benzene rings is 1.